The first-order chi connectivity index (χ1) is 24.9. The highest BCUT2D eigenvalue weighted by Gasteiger charge is 2.29. The lowest BCUT2D eigenvalue weighted by atomic mass is 9.96. The van der Waals surface area contributed by atoms with Crippen molar-refractivity contribution in [2.24, 2.45) is 0 Å². The molecular formula is C42H42N4O5. The van der Waals surface area contributed by atoms with Crippen molar-refractivity contribution in [2.75, 3.05) is 36.4 Å². The average molecular weight is 683 g/mol. The second kappa shape index (κ2) is 16.7. The third-order valence-corrected chi connectivity index (χ3v) is 9.08. The van der Waals surface area contributed by atoms with Gasteiger partial charge in [-0.1, -0.05) is 109 Å². The Hall–Kier alpha value is -5.93. The summed E-state index contributed by atoms with van der Waals surface area (Å²) in [5.41, 5.74) is 4.68. The number of piperazine rings is 1. The summed E-state index contributed by atoms with van der Waals surface area (Å²) < 4.78 is 5.89. The van der Waals surface area contributed by atoms with Crippen molar-refractivity contribution in [3.05, 3.63) is 162 Å². The zero-order valence-corrected chi connectivity index (χ0v) is 28.5. The molecule has 3 N–H and O–H groups in total. The third kappa shape index (κ3) is 9.00. The highest BCUT2D eigenvalue weighted by molar-refractivity contribution is 6.02. The summed E-state index contributed by atoms with van der Waals surface area (Å²) >= 11 is 0. The maximum Gasteiger partial charge on any atom is 0.326 e. The van der Waals surface area contributed by atoms with Crippen LogP contribution in [0, 0.1) is 0 Å². The molecule has 0 bridgehead atoms. The molecule has 1 saturated heterocycles. The first kappa shape index (κ1) is 34.9. The number of nitrogens with zero attached hydrogens (tertiary/aromatic N) is 2. The van der Waals surface area contributed by atoms with Gasteiger partial charge in [0.15, 0.2) is 6.10 Å². The topological polar surface area (TPSA) is 111 Å². The van der Waals surface area contributed by atoms with Crippen molar-refractivity contribution in [2.45, 2.75) is 31.5 Å². The molecule has 0 aliphatic carbocycles. The van der Waals surface area contributed by atoms with Crippen molar-refractivity contribution in [3.63, 3.8) is 0 Å². The SMILES string of the molecule is CC(Oc1ccccc1)C(=O)Nc1cc(C(=O)N[C@@H](Cc2ccccc2)C(=O)O)ccc1N1CCN(C(c2ccccc2)c2ccccc2)CC1. The monoisotopic (exact) mass is 682 g/mol. The van der Waals surface area contributed by atoms with Crippen molar-refractivity contribution in [3.8, 4) is 5.75 Å². The lowest BCUT2D eigenvalue weighted by Crippen LogP contribution is -2.48. The molecule has 0 saturated carbocycles. The molecule has 1 aliphatic heterocycles. The van der Waals surface area contributed by atoms with Crippen LogP contribution in [0.3, 0.4) is 0 Å². The van der Waals surface area contributed by atoms with Crippen LogP contribution in [0.4, 0.5) is 11.4 Å². The number of benzene rings is 5. The first-order valence-electron chi connectivity index (χ1n) is 17.2. The van der Waals surface area contributed by atoms with Crippen molar-refractivity contribution < 1.29 is 24.2 Å². The Kier molecular flexibility index (Phi) is 11.4. The number of carboxylic acids is 1. The van der Waals surface area contributed by atoms with Gasteiger partial charge in [-0.25, -0.2) is 4.79 Å². The van der Waals surface area contributed by atoms with Gasteiger partial charge in [0.1, 0.15) is 11.8 Å². The van der Waals surface area contributed by atoms with Crippen LogP contribution in [0.1, 0.15) is 40.0 Å². The van der Waals surface area contributed by atoms with Crippen LogP contribution >= 0.6 is 0 Å². The zero-order valence-electron chi connectivity index (χ0n) is 28.5. The van der Waals surface area contributed by atoms with E-state index >= 15 is 0 Å². The maximum atomic E-state index is 13.5. The predicted octanol–water partition coefficient (Wildman–Crippen LogP) is 6.43. The van der Waals surface area contributed by atoms with Crippen LogP contribution in [0.25, 0.3) is 0 Å². The number of carbonyl (C=O) groups is 3. The van der Waals surface area contributed by atoms with E-state index in [0.717, 1.165) is 24.3 Å². The van der Waals surface area contributed by atoms with Gasteiger partial charge in [0, 0.05) is 38.2 Å². The summed E-state index contributed by atoms with van der Waals surface area (Å²) in [6.45, 7) is 4.55. The van der Waals surface area contributed by atoms with Gasteiger partial charge in [-0.2, -0.15) is 0 Å². The lowest BCUT2D eigenvalue weighted by molar-refractivity contribution is -0.139. The molecule has 2 amide bonds. The van der Waals surface area contributed by atoms with E-state index in [2.05, 4.69) is 69.0 Å². The van der Waals surface area contributed by atoms with E-state index in [4.69, 9.17) is 4.74 Å². The Morgan fingerprint density at radius 3 is 1.84 bits per heavy atom. The number of carbonyl (C=O) groups excluding carboxylic acids is 2. The number of carboxylic acid groups (broad SMARTS) is 1. The van der Waals surface area contributed by atoms with Gasteiger partial charge in [-0.15, -0.1) is 0 Å². The molecule has 51 heavy (non-hydrogen) atoms. The molecule has 1 unspecified atom stereocenters. The summed E-state index contributed by atoms with van der Waals surface area (Å²) in [5, 5.41) is 15.6. The van der Waals surface area contributed by atoms with E-state index < -0.39 is 24.0 Å². The normalized spacial score (nSPS) is 14.4. The highest BCUT2D eigenvalue weighted by Crippen LogP contribution is 2.33. The number of nitrogens with one attached hydrogen (secondary N) is 2. The van der Waals surface area contributed by atoms with Crippen LogP contribution < -0.4 is 20.3 Å². The lowest BCUT2D eigenvalue weighted by Gasteiger charge is -2.41. The molecule has 1 fully saturated rings. The van der Waals surface area contributed by atoms with Crippen LogP contribution in [-0.4, -0.2) is 66.1 Å². The molecule has 6 rings (SSSR count). The van der Waals surface area contributed by atoms with Gasteiger partial charge in [0.05, 0.1) is 17.4 Å². The molecule has 1 aliphatic rings. The number of ether oxygens (including phenoxy) is 1. The second-order valence-corrected chi connectivity index (χ2v) is 12.6. The number of para-hydroxylation sites is 1. The van der Waals surface area contributed by atoms with Gasteiger partial charge < -0.3 is 25.4 Å². The van der Waals surface area contributed by atoms with E-state index in [1.807, 2.05) is 66.7 Å². The van der Waals surface area contributed by atoms with Crippen molar-refractivity contribution in [1.82, 2.24) is 10.2 Å². The molecule has 1 heterocycles. The number of anilines is 2. The Morgan fingerprint density at radius 1 is 0.725 bits per heavy atom. The van der Waals surface area contributed by atoms with Crippen LogP contribution in [0.15, 0.2) is 140 Å². The molecule has 5 aromatic rings. The summed E-state index contributed by atoms with van der Waals surface area (Å²) in [5.74, 6) is -1.50. The van der Waals surface area contributed by atoms with Gasteiger partial charge in [0.2, 0.25) is 0 Å². The number of hydrogen-bond acceptors (Lipinski definition) is 6. The Morgan fingerprint density at radius 2 is 1.27 bits per heavy atom. The van der Waals surface area contributed by atoms with E-state index in [1.54, 1.807) is 31.2 Å². The minimum absolute atomic E-state index is 0.0915. The van der Waals surface area contributed by atoms with E-state index in [0.29, 0.717) is 24.5 Å². The minimum atomic E-state index is -1.13. The summed E-state index contributed by atoms with van der Waals surface area (Å²) in [7, 11) is 0. The van der Waals surface area contributed by atoms with Gasteiger partial charge in [0.25, 0.3) is 11.8 Å². The molecule has 9 nitrogen and oxygen atoms in total. The third-order valence-electron chi connectivity index (χ3n) is 9.08. The Balaban J connectivity index is 1.23. The zero-order chi connectivity index (χ0) is 35.6. The fourth-order valence-electron chi connectivity index (χ4n) is 6.44. The molecule has 9 heteroatoms. The van der Waals surface area contributed by atoms with Crippen LogP contribution in [0.5, 0.6) is 5.75 Å². The fourth-order valence-corrected chi connectivity index (χ4v) is 6.44. The predicted molar refractivity (Wildman–Crippen MR) is 199 cm³/mol. The van der Waals surface area contributed by atoms with E-state index in [1.165, 1.54) is 11.1 Å². The molecule has 0 radical (unpaired) electrons. The number of amides is 2. The molecule has 0 spiro atoms. The quantitative estimate of drug-likeness (QED) is 0.131. The minimum Gasteiger partial charge on any atom is -0.481 e. The molecule has 0 aromatic heterocycles. The number of hydrogen-bond donors (Lipinski definition) is 3. The molecular weight excluding hydrogens is 640 g/mol. The standard InChI is InChI=1S/C42H42N4O5/c1-30(51-35-20-12-5-13-21-35)40(47)43-36-29-34(41(48)44-37(42(49)50)28-31-14-6-2-7-15-31)22-23-38(36)45-24-26-46(27-25-45)39(32-16-8-3-9-17-32)33-18-10-4-11-19-33/h2-23,29-30,37,39H,24-28H2,1H3,(H,43,47)(H,44,48)(H,49,50)/t30?,37-/m0/s1. The highest BCUT2D eigenvalue weighted by atomic mass is 16.5. The number of aliphatic carboxylic acids is 1. The molecule has 2 atom stereocenters. The first-order valence-corrected chi connectivity index (χ1v) is 17.2. The molecule has 260 valence electrons. The maximum absolute atomic E-state index is 13.5. The van der Waals surface area contributed by atoms with Crippen LogP contribution in [0.2, 0.25) is 0 Å². The van der Waals surface area contributed by atoms with Gasteiger partial charge >= 0.3 is 5.97 Å². The summed E-state index contributed by atoms with van der Waals surface area (Å²) in [6.07, 6.45) is -0.691. The second-order valence-electron chi connectivity index (χ2n) is 12.6. The number of rotatable bonds is 13. The van der Waals surface area contributed by atoms with Gasteiger partial charge in [-0.3, -0.25) is 14.5 Å². The average Bonchev–Trinajstić information content (AvgIpc) is 3.16. The van der Waals surface area contributed by atoms with Crippen molar-refractivity contribution in [1.29, 1.82) is 0 Å². The fraction of sp³-hybridized carbons (Fsp3) is 0.214. The van der Waals surface area contributed by atoms with E-state index in [-0.39, 0.29) is 23.9 Å². The summed E-state index contributed by atoms with van der Waals surface area (Å²) in [6, 6.07) is 43.3. The Bertz CT molecular complexity index is 1860. The largest absolute Gasteiger partial charge is 0.481 e. The Labute approximate surface area is 298 Å². The van der Waals surface area contributed by atoms with Crippen molar-refractivity contribution >= 4 is 29.2 Å². The summed E-state index contributed by atoms with van der Waals surface area (Å²) in [4.78, 5) is 43.8. The van der Waals surface area contributed by atoms with E-state index in [9.17, 15) is 19.5 Å². The smallest absolute Gasteiger partial charge is 0.326 e. The molecule has 5 aromatic carbocycles. The van der Waals surface area contributed by atoms with Crippen LogP contribution in [-0.2, 0) is 16.0 Å². The van der Waals surface area contributed by atoms with Gasteiger partial charge in [-0.05, 0) is 53.9 Å².